The Bertz CT molecular complexity index is 477. The lowest BCUT2D eigenvalue weighted by Crippen LogP contribution is -2.37. The lowest BCUT2D eigenvalue weighted by Gasteiger charge is -2.06. The molecule has 0 aliphatic carbocycles. The summed E-state index contributed by atoms with van der Waals surface area (Å²) in [6.07, 6.45) is 32.7. The molecule has 2 nitrogen and oxygen atoms in total. The zero-order chi connectivity index (χ0) is 21.7. The number of nitrogens with zero attached hydrogens (tertiary/aromatic N) is 2. The monoisotopic (exact) mass is 419 g/mol. The molecular weight excluding hydrogens is 364 g/mol. The van der Waals surface area contributed by atoms with E-state index in [1.54, 1.807) is 5.82 Å². The number of unbranched alkanes of at least 4 members (excludes halogenated alkanes) is 16. The quantitative estimate of drug-likeness (QED) is 0.131. The molecular formula is C28H55N2+. The number of hydrogen-bond acceptors (Lipinski definition) is 0. The molecule has 0 bridgehead atoms. The molecule has 30 heavy (non-hydrogen) atoms. The highest BCUT2D eigenvalue weighted by Gasteiger charge is 2.15. The van der Waals surface area contributed by atoms with Gasteiger partial charge < -0.3 is 0 Å². The Balaban J connectivity index is 2.07. The minimum absolute atomic E-state index is 1.18. The predicted octanol–water partition coefficient (Wildman–Crippen LogP) is 8.79. The van der Waals surface area contributed by atoms with Crippen molar-refractivity contribution in [2.45, 2.75) is 162 Å². The number of rotatable bonds is 22. The molecule has 1 heterocycles. The first-order valence-corrected chi connectivity index (χ1v) is 13.9. The van der Waals surface area contributed by atoms with E-state index in [-0.39, 0.29) is 0 Å². The van der Waals surface area contributed by atoms with Crippen molar-refractivity contribution in [3.8, 4) is 0 Å². The molecule has 0 saturated carbocycles. The van der Waals surface area contributed by atoms with Crippen LogP contribution in [0.2, 0.25) is 0 Å². The Hall–Kier alpha value is -0.790. The van der Waals surface area contributed by atoms with Crippen molar-refractivity contribution in [1.29, 1.82) is 0 Å². The minimum Gasteiger partial charge on any atom is -0.234 e. The highest BCUT2D eigenvalue weighted by molar-refractivity contribution is 4.84. The minimum atomic E-state index is 1.18. The first-order chi connectivity index (χ1) is 14.8. The van der Waals surface area contributed by atoms with E-state index in [1.807, 2.05) is 0 Å². The Kier molecular flexibility index (Phi) is 18.3. The topological polar surface area (TPSA) is 8.81 Å². The van der Waals surface area contributed by atoms with E-state index in [1.165, 1.54) is 142 Å². The molecule has 0 radical (unpaired) electrons. The van der Waals surface area contributed by atoms with Crippen LogP contribution in [-0.2, 0) is 19.5 Å². The molecule has 0 aliphatic rings. The van der Waals surface area contributed by atoms with Gasteiger partial charge in [0, 0.05) is 6.42 Å². The maximum Gasteiger partial charge on any atom is 0.256 e. The van der Waals surface area contributed by atoms with Crippen LogP contribution in [0.4, 0.5) is 0 Å². The highest BCUT2D eigenvalue weighted by Crippen LogP contribution is 2.14. The van der Waals surface area contributed by atoms with Gasteiger partial charge in [-0.25, -0.2) is 9.13 Å². The van der Waals surface area contributed by atoms with Crippen molar-refractivity contribution >= 4 is 0 Å². The van der Waals surface area contributed by atoms with E-state index in [9.17, 15) is 0 Å². The van der Waals surface area contributed by atoms with Gasteiger partial charge in [0.15, 0.2) is 0 Å². The van der Waals surface area contributed by atoms with Gasteiger partial charge in [0.05, 0.1) is 13.1 Å². The summed E-state index contributed by atoms with van der Waals surface area (Å²) in [6.45, 7) is 9.28. The predicted molar refractivity (Wildman–Crippen MR) is 133 cm³/mol. The van der Waals surface area contributed by atoms with Crippen LogP contribution in [0.1, 0.15) is 149 Å². The fraction of sp³-hybridized carbons (Fsp3) is 0.893. The Morgan fingerprint density at radius 2 is 1.03 bits per heavy atom. The molecule has 1 aromatic heterocycles. The van der Waals surface area contributed by atoms with Crippen LogP contribution in [0, 0.1) is 0 Å². The summed E-state index contributed by atoms with van der Waals surface area (Å²) in [5.41, 5.74) is 0. The molecule has 0 atom stereocenters. The van der Waals surface area contributed by atoms with Crippen LogP contribution >= 0.6 is 0 Å². The largest absolute Gasteiger partial charge is 0.256 e. The van der Waals surface area contributed by atoms with E-state index >= 15 is 0 Å². The average Bonchev–Trinajstić information content (AvgIpc) is 3.13. The zero-order valence-corrected chi connectivity index (χ0v) is 21.1. The van der Waals surface area contributed by atoms with Gasteiger partial charge in [0.25, 0.3) is 5.82 Å². The molecule has 176 valence electrons. The third-order valence-corrected chi connectivity index (χ3v) is 6.56. The molecule has 0 spiro atoms. The second kappa shape index (κ2) is 20.1. The standard InChI is InChI=1S/C28H55N2/c1-4-7-9-11-12-13-14-15-16-17-18-19-20-21-23-28-29(24-6-3)26-27-30(28)25-22-10-8-5-2/h26-27H,4-25H2,1-3H3/q+1. The molecule has 0 aromatic carbocycles. The van der Waals surface area contributed by atoms with Gasteiger partial charge in [-0.2, -0.15) is 0 Å². The lowest BCUT2D eigenvalue weighted by atomic mass is 10.0. The van der Waals surface area contributed by atoms with Crippen LogP contribution in [0.25, 0.3) is 0 Å². The van der Waals surface area contributed by atoms with E-state index in [2.05, 4.69) is 42.3 Å². The molecule has 1 rings (SSSR count). The summed E-state index contributed by atoms with van der Waals surface area (Å²) in [5, 5.41) is 0. The zero-order valence-electron chi connectivity index (χ0n) is 21.1. The normalized spacial score (nSPS) is 11.4. The van der Waals surface area contributed by atoms with Crippen molar-refractivity contribution in [3.63, 3.8) is 0 Å². The smallest absolute Gasteiger partial charge is 0.234 e. The molecule has 0 saturated heterocycles. The van der Waals surface area contributed by atoms with Gasteiger partial charge in [-0.3, -0.25) is 0 Å². The maximum absolute atomic E-state index is 2.55. The van der Waals surface area contributed by atoms with Gasteiger partial charge in [-0.05, 0) is 25.7 Å². The molecule has 0 N–H and O–H groups in total. The van der Waals surface area contributed by atoms with Crippen molar-refractivity contribution in [2.75, 3.05) is 0 Å². The molecule has 0 unspecified atom stereocenters. The highest BCUT2D eigenvalue weighted by atomic mass is 15.1. The molecule has 1 aromatic rings. The van der Waals surface area contributed by atoms with Crippen LogP contribution in [0.5, 0.6) is 0 Å². The third-order valence-electron chi connectivity index (χ3n) is 6.56. The Morgan fingerprint density at radius 3 is 1.53 bits per heavy atom. The Morgan fingerprint density at radius 1 is 0.567 bits per heavy atom. The summed E-state index contributed by atoms with van der Waals surface area (Å²) >= 11 is 0. The van der Waals surface area contributed by atoms with Gasteiger partial charge >= 0.3 is 0 Å². The SMILES string of the molecule is CCCCCCCCCCCCCCCCc1n(CCC)cc[n+]1CCCCCC. The van der Waals surface area contributed by atoms with Gasteiger partial charge in [0.2, 0.25) is 0 Å². The second-order valence-electron chi connectivity index (χ2n) is 9.51. The van der Waals surface area contributed by atoms with Crippen molar-refractivity contribution in [3.05, 3.63) is 18.2 Å². The first-order valence-electron chi connectivity index (χ1n) is 13.9. The fourth-order valence-corrected chi connectivity index (χ4v) is 4.62. The Labute approximate surface area is 189 Å². The summed E-state index contributed by atoms with van der Waals surface area (Å²) in [5.74, 6) is 1.58. The van der Waals surface area contributed by atoms with Crippen molar-refractivity contribution in [2.24, 2.45) is 0 Å². The van der Waals surface area contributed by atoms with Gasteiger partial charge in [-0.1, -0.05) is 117 Å². The molecule has 0 amide bonds. The summed E-state index contributed by atoms with van der Waals surface area (Å²) < 4.78 is 5.07. The first kappa shape index (κ1) is 27.2. The van der Waals surface area contributed by atoms with E-state index in [0.717, 1.165) is 0 Å². The summed E-state index contributed by atoms with van der Waals surface area (Å²) in [4.78, 5) is 0. The van der Waals surface area contributed by atoms with Gasteiger partial charge in [-0.15, -0.1) is 0 Å². The number of aryl methyl sites for hydroxylation is 2. The number of imidazole rings is 1. The molecule has 0 aliphatic heterocycles. The van der Waals surface area contributed by atoms with Gasteiger partial charge in [0.1, 0.15) is 12.4 Å². The van der Waals surface area contributed by atoms with Crippen LogP contribution in [0.3, 0.4) is 0 Å². The lowest BCUT2D eigenvalue weighted by molar-refractivity contribution is -0.704. The second-order valence-corrected chi connectivity index (χ2v) is 9.51. The maximum atomic E-state index is 2.55. The summed E-state index contributed by atoms with van der Waals surface area (Å²) in [6, 6.07) is 0. The van der Waals surface area contributed by atoms with E-state index in [4.69, 9.17) is 0 Å². The number of aromatic nitrogens is 2. The third kappa shape index (κ3) is 13.5. The van der Waals surface area contributed by atoms with E-state index in [0.29, 0.717) is 0 Å². The number of hydrogen-bond donors (Lipinski definition) is 0. The van der Waals surface area contributed by atoms with Crippen LogP contribution < -0.4 is 4.57 Å². The average molecular weight is 420 g/mol. The molecule has 0 fully saturated rings. The molecule has 2 heteroatoms. The van der Waals surface area contributed by atoms with Crippen molar-refractivity contribution < 1.29 is 4.57 Å². The van der Waals surface area contributed by atoms with Crippen LogP contribution in [0.15, 0.2) is 12.4 Å². The fourth-order valence-electron chi connectivity index (χ4n) is 4.62. The van der Waals surface area contributed by atoms with Crippen molar-refractivity contribution in [1.82, 2.24) is 4.57 Å². The summed E-state index contributed by atoms with van der Waals surface area (Å²) in [7, 11) is 0. The van der Waals surface area contributed by atoms with Crippen LogP contribution in [-0.4, -0.2) is 4.57 Å². The van der Waals surface area contributed by atoms with E-state index < -0.39 is 0 Å².